The third-order valence-electron chi connectivity index (χ3n) is 5.74. The monoisotopic (exact) mass is 423 g/mol. The maximum atomic E-state index is 5.73. The number of ether oxygens (including phenoxy) is 6. The average Bonchev–Trinajstić information content (AvgIpc) is 3.64. The van der Waals surface area contributed by atoms with E-state index in [-0.39, 0.29) is 36.3 Å². The zero-order valence-corrected chi connectivity index (χ0v) is 18.1. The first-order valence-electron chi connectivity index (χ1n) is 11.3. The topological polar surface area (TPSA) is 104 Å². The number of epoxide rings is 3. The highest BCUT2D eigenvalue weighted by molar-refractivity contribution is 5.09. The predicted molar refractivity (Wildman–Crippen MR) is 107 cm³/mol. The molecule has 6 atom stereocenters. The lowest BCUT2D eigenvalue weighted by Gasteiger charge is -2.09. The molecular formula is C21H33N3O6. The zero-order valence-electron chi connectivity index (χ0n) is 18.1. The Hall–Kier alpha value is -1.71. The van der Waals surface area contributed by atoms with E-state index in [0.717, 1.165) is 38.5 Å². The molecule has 30 heavy (non-hydrogen) atoms. The smallest absolute Gasteiger partial charge is 0.325 e. The first kappa shape index (κ1) is 21.5. The van der Waals surface area contributed by atoms with Crippen molar-refractivity contribution in [1.29, 1.82) is 0 Å². The van der Waals surface area contributed by atoms with Gasteiger partial charge in [-0.1, -0.05) is 20.8 Å². The maximum Gasteiger partial charge on any atom is 0.325 e. The number of rotatable bonds is 15. The van der Waals surface area contributed by atoms with Gasteiger partial charge >= 0.3 is 18.0 Å². The molecule has 3 saturated heterocycles. The minimum absolute atomic E-state index is 0.215. The van der Waals surface area contributed by atoms with Gasteiger partial charge in [-0.3, -0.25) is 0 Å². The van der Waals surface area contributed by atoms with E-state index in [9.17, 15) is 0 Å². The first-order valence-corrected chi connectivity index (χ1v) is 11.3. The molecule has 9 nitrogen and oxygen atoms in total. The van der Waals surface area contributed by atoms with Crippen molar-refractivity contribution < 1.29 is 28.4 Å². The molecule has 4 rings (SSSR count). The summed E-state index contributed by atoms with van der Waals surface area (Å²) in [4.78, 5) is 12.8. The maximum absolute atomic E-state index is 5.73. The molecule has 168 valence electrons. The third kappa shape index (κ3) is 6.15. The van der Waals surface area contributed by atoms with Gasteiger partial charge in [-0.2, -0.15) is 0 Å². The van der Waals surface area contributed by atoms with Crippen LogP contribution in [0.5, 0.6) is 18.0 Å². The second-order valence-corrected chi connectivity index (χ2v) is 7.96. The molecule has 3 aliphatic rings. The highest BCUT2D eigenvalue weighted by atomic mass is 16.6. The summed E-state index contributed by atoms with van der Waals surface area (Å²) in [6, 6.07) is 0.644. The van der Waals surface area contributed by atoms with Crippen LogP contribution in [-0.2, 0) is 14.2 Å². The molecule has 3 aliphatic heterocycles. The molecule has 6 unspecified atom stereocenters. The van der Waals surface area contributed by atoms with Crippen LogP contribution in [-0.4, -0.2) is 71.4 Å². The van der Waals surface area contributed by atoms with Crippen LogP contribution in [0, 0.1) is 0 Å². The molecule has 9 heteroatoms. The van der Waals surface area contributed by atoms with Crippen molar-refractivity contribution in [3.8, 4) is 18.0 Å². The lowest BCUT2D eigenvalue weighted by Crippen LogP contribution is -2.12. The normalized spacial score (nSPS) is 31.3. The van der Waals surface area contributed by atoms with Gasteiger partial charge in [0.25, 0.3) is 0 Å². The van der Waals surface area contributed by atoms with Gasteiger partial charge in [0, 0.05) is 19.3 Å². The lowest BCUT2D eigenvalue weighted by atomic mass is 10.2. The van der Waals surface area contributed by atoms with Crippen molar-refractivity contribution in [1.82, 2.24) is 15.0 Å². The van der Waals surface area contributed by atoms with E-state index in [2.05, 4.69) is 35.7 Å². The standard InChI is InChI=1S/C21H33N3O6/c1-4-13-16(28-13)7-10-25-19-22-20(26-11-8-17-14(5-2)29-17)24-21(23-19)27-12-9-18-15(6-3)30-18/h13-18H,4-12H2,1-3H3. The largest absolute Gasteiger partial charge is 0.463 e. The average molecular weight is 424 g/mol. The third-order valence-corrected chi connectivity index (χ3v) is 5.74. The molecule has 0 saturated carbocycles. The number of aromatic nitrogens is 3. The Balaban J connectivity index is 1.26. The minimum Gasteiger partial charge on any atom is -0.463 e. The fourth-order valence-electron chi connectivity index (χ4n) is 3.69. The summed E-state index contributed by atoms with van der Waals surface area (Å²) >= 11 is 0. The molecule has 1 aromatic heterocycles. The highest BCUT2D eigenvalue weighted by Crippen LogP contribution is 2.30. The SMILES string of the molecule is CCC1OC1CCOc1nc(OCCC2OC2CC)nc(OCCC2OC2CC)n1. The summed E-state index contributed by atoms with van der Waals surface area (Å²) in [5.74, 6) is 0. The van der Waals surface area contributed by atoms with Gasteiger partial charge in [0.15, 0.2) is 0 Å². The van der Waals surface area contributed by atoms with Crippen molar-refractivity contribution >= 4 is 0 Å². The molecular weight excluding hydrogens is 390 g/mol. The molecule has 0 radical (unpaired) electrons. The molecule has 4 heterocycles. The van der Waals surface area contributed by atoms with Crippen LogP contribution in [0.15, 0.2) is 0 Å². The number of nitrogens with zero attached hydrogens (tertiary/aromatic N) is 3. The second kappa shape index (κ2) is 10.1. The molecule has 1 aromatic rings. The number of hydrogen-bond acceptors (Lipinski definition) is 9. The van der Waals surface area contributed by atoms with Crippen LogP contribution in [0.1, 0.15) is 59.3 Å². The van der Waals surface area contributed by atoms with Gasteiger partial charge in [0.1, 0.15) is 0 Å². The van der Waals surface area contributed by atoms with Gasteiger partial charge in [-0.05, 0) is 19.3 Å². The Morgan fingerprint density at radius 1 is 0.533 bits per heavy atom. The summed E-state index contributed by atoms with van der Waals surface area (Å²) in [5.41, 5.74) is 0. The van der Waals surface area contributed by atoms with Crippen LogP contribution in [0.4, 0.5) is 0 Å². The second-order valence-electron chi connectivity index (χ2n) is 7.96. The molecule has 0 amide bonds. The van der Waals surface area contributed by atoms with E-state index in [1.165, 1.54) is 0 Å². The van der Waals surface area contributed by atoms with Crippen molar-refractivity contribution in [2.24, 2.45) is 0 Å². The van der Waals surface area contributed by atoms with E-state index in [1.54, 1.807) is 0 Å². The Morgan fingerprint density at radius 3 is 1.07 bits per heavy atom. The fraction of sp³-hybridized carbons (Fsp3) is 0.857. The van der Waals surface area contributed by atoms with Crippen molar-refractivity contribution in [3.63, 3.8) is 0 Å². The van der Waals surface area contributed by atoms with E-state index in [0.29, 0.717) is 38.1 Å². The summed E-state index contributed by atoms with van der Waals surface area (Å²) in [6.45, 7) is 7.80. The van der Waals surface area contributed by atoms with Gasteiger partial charge in [-0.25, -0.2) is 0 Å². The van der Waals surface area contributed by atoms with Crippen LogP contribution in [0.3, 0.4) is 0 Å². The summed E-state index contributed by atoms with van der Waals surface area (Å²) in [6.07, 6.45) is 7.42. The van der Waals surface area contributed by atoms with Gasteiger partial charge < -0.3 is 28.4 Å². The molecule has 0 aliphatic carbocycles. The van der Waals surface area contributed by atoms with Crippen LogP contribution >= 0.6 is 0 Å². The molecule has 0 spiro atoms. The van der Waals surface area contributed by atoms with Gasteiger partial charge in [0.2, 0.25) is 0 Å². The predicted octanol–water partition coefficient (Wildman–Crippen LogP) is 2.71. The first-order chi connectivity index (χ1) is 14.7. The van der Waals surface area contributed by atoms with E-state index < -0.39 is 0 Å². The fourth-order valence-corrected chi connectivity index (χ4v) is 3.69. The van der Waals surface area contributed by atoms with Gasteiger partial charge in [0.05, 0.1) is 56.4 Å². The molecule has 0 N–H and O–H groups in total. The van der Waals surface area contributed by atoms with Crippen molar-refractivity contribution in [3.05, 3.63) is 0 Å². The van der Waals surface area contributed by atoms with E-state index in [1.807, 2.05) is 0 Å². The van der Waals surface area contributed by atoms with Crippen molar-refractivity contribution in [2.75, 3.05) is 19.8 Å². The minimum atomic E-state index is 0.215. The van der Waals surface area contributed by atoms with Crippen molar-refractivity contribution in [2.45, 2.75) is 95.9 Å². The number of hydrogen-bond donors (Lipinski definition) is 0. The van der Waals surface area contributed by atoms with Crippen LogP contribution in [0.25, 0.3) is 0 Å². The lowest BCUT2D eigenvalue weighted by molar-refractivity contribution is 0.218. The van der Waals surface area contributed by atoms with Crippen LogP contribution < -0.4 is 14.2 Å². The highest BCUT2D eigenvalue weighted by Gasteiger charge is 2.38. The summed E-state index contributed by atoms with van der Waals surface area (Å²) in [5, 5.41) is 0. The van der Waals surface area contributed by atoms with E-state index >= 15 is 0 Å². The zero-order chi connectivity index (χ0) is 20.9. The van der Waals surface area contributed by atoms with E-state index in [4.69, 9.17) is 28.4 Å². The summed E-state index contributed by atoms with van der Waals surface area (Å²) < 4.78 is 33.8. The Bertz CT molecular complexity index is 590. The van der Waals surface area contributed by atoms with Gasteiger partial charge in [-0.15, -0.1) is 15.0 Å². The molecule has 0 bridgehead atoms. The molecule has 3 fully saturated rings. The Kier molecular flexibility index (Phi) is 7.22. The Labute approximate surface area is 177 Å². The van der Waals surface area contributed by atoms with Crippen LogP contribution in [0.2, 0.25) is 0 Å². The quantitative estimate of drug-likeness (QED) is 0.394. The Morgan fingerprint density at radius 2 is 0.833 bits per heavy atom. The summed E-state index contributed by atoms with van der Waals surface area (Å²) in [7, 11) is 0. The molecule has 0 aromatic carbocycles.